The first-order valence-corrected chi connectivity index (χ1v) is 7.41. The highest BCUT2D eigenvalue weighted by molar-refractivity contribution is 6.37. The molecule has 0 spiro atoms. The minimum Gasteiger partial charge on any atom is -0.398 e. The van der Waals surface area contributed by atoms with E-state index in [1.165, 1.54) is 11.1 Å². The van der Waals surface area contributed by atoms with E-state index < -0.39 is 0 Å². The molecule has 0 aromatic heterocycles. The number of halogens is 1. The summed E-state index contributed by atoms with van der Waals surface area (Å²) < 4.78 is 0. The highest BCUT2D eigenvalue weighted by Crippen LogP contribution is 2.31. The molecule has 0 aliphatic carbocycles. The largest absolute Gasteiger partial charge is 0.398 e. The molecule has 1 aliphatic heterocycles. The van der Waals surface area contributed by atoms with Crippen LogP contribution in [-0.2, 0) is 6.42 Å². The molecular formula is C17H17ClN2O. The number of amides is 1. The number of rotatable bonds is 1. The van der Waals surface area contributed by atoms with Crippen molar-refractivity contribution in [1.82, 2.24) is 0 Å². The van der Waals surface area contributed by atoms with Gasteiger partial charge in [0.25, 0.3) is 5.91 Å². The summed E-state index contributed by atoms with van der Waals surface area (Å²) in [6.45, 7) is 2.77. The van der Waals surface area contributed by atoms with Crippen LogP contribution >= 0.6 is 11.6 Å². The second kappa shape index (κ2) is 5.41. The summed E-state index contributed by atoms with van der Waals surface area (Å²) in [4.78, 5) is 14.6. The van der Waals surface area contributed by atoms with E-state index in [1.54, 1.807) is 23.1 Å². The number of aryl methyl sites for hydroxylation is 2. The molecule has 1 aliphatic rings. The minimum absolute atomic E-state index is 0.0860. The van der Waals surface area contributed by atoms with Crippen molar-refractivity contribution in [2.45, 2.75) is 19.8 Å². The third kappa shape index (κ3) is 2.49. The maximum atomic E-state index is 12.8. The zero-order chi connectivity index (χ0) is 15.0. The first kappa shape index (κ1) is 14.0. The van der Waals surface area contributed by atoms with Crippen molar-refractivity contribution in [3.8, 4) is 0 Å². The fraction of sp³-hybridized carbons (Fsp3) is 0.235. The smallest absolute Gasteiger partial charge is 0.259 e. The van der Waals surface area contributed by atoms with Crippen LogP contribution in [0.1, 0.15) is 27.9 Å². The van der Waals surface area contributed by atoms with Crippen LogP contribution < -0.4 is 10.6 Å². The number of carbonyl (C=O) groups is 1. The number of benzene rings is 2. The number of carbonyl (C=O) groups excluding carboxylic acids is 1. The van der Waals surface area contributed by atoms with Gasteiger partial charge in [-0.15, -0.1) is 0 Å². The maximum Gasteiger partial charge on any atom is 0.259 e. The van der Waals surface area contributed by atoms with Crippen LogP contribution in [0.2, 0.25) is 5.02 Å². The van der Waals surface area contributed by atoms with Crippen LogP contribution in [0.15, 0.2) is 36.4 Å². The highest BCUT2D eigenvalue weighted by atomic mass is 35.5. The van der Waals surface area contributed by atoms with E-state index in [4.69, 9.17) is 17.3 Å². The second-order valence-electron chi connectivity index (χ2n) is 5.40. The van der Waals surface area contributed by atoms with Crippen molar-refractivity contribution < 1.29 is 4.79 Å². The Kier molecular flexibility index (Phi) is 3.60. The number of anilines is 2. The highest BCUT2D eigenvalue weighted by Gasteiger charge is 2.25. The Morgan fingerprint density at radius 1 is 1.29 bits per heavy atom. The summed E-state index contributed by atoms with van der Waals surface area (Å²) in [7, 11) is 0. The lowest BCUT2D eigenvalue weighted by atomic mass is 9.98. The van der Waals surface area contributed by atoms with Crippen molar-refractivity contribution in [2.75, 3.05) is 17.2 Å². The van der Waals surface area contributed by atoms with Crippen molar-refractivity contribution in [3.63, 3.8) is 0 Å². The number of nitrogens with two attached hydrogens (primary N) is 1. The van der Waals surface area contributed by atoms with Crippen LogP contribution in [0.5, 0.6) is 0 Å². The standard InChI is InChI=1S/C17H17ClN2O/c1-11-7-8-15-12(10-11)4-3-9-20(15)17(21)13-5-2-6-14(19)16(13)18/h2,5-8,10H,3-4,9,19H2,1H3. The van der Waals surface area contributed by atoms with E-state index in [9.17, 15) is 4.79 Å². The van der Waals surface area contributed by atoms with E-state index >= 15 is 0 Å². The van der Waals surface area contributed by atoms with Gasteiger partial charge in [-0.25, -0.2) is 0 Å². The van der Waals surface area contributed by atoms with Crippen LogP contribution in [0, 0.1) is 6.92 Å². The number of fused-ring (bicyclic) bond motifs is 1. The Hall–Kier alpha value is -2.00. The Morgan fingerprint density at radius 2 is 2.10 bits per heavy atom. The van der Waals surface area contributed by atoms with E-state index in [0.717, 1.165) is 18.5 Å². The van der Waals surface area contributed by atoms with Gasteiger partial charge in [-0.2, -0.15) is 0 Å². The van der Waals surface area contributed by atoms with Gasteiger partial charge in [0.05, 0.1) is 16.3 Å². The van der Waals surface area contributed by atoms with Gasteiger partial charge in [-0.1, -0.05) is 35.4 Å². The summed E-state index contributed by atoms with van der Waals surface area (Å²) >= 11 is 6.19. The van der Waals surface area contributed by atoms with Crippen LogP contribution in [0.4, 0.5) is 11.4 Å². The van der Waals surface area contributed by atoms with E-state index in [2.05, 4.69) is 13.0 Å². The Labute approximate surface area is 129 Å². The fourth-order valence-electron chi connectivity index (χ4n) is 2.80. The van der Waals surface area contributed by atoms with Gasteiger partial charge >= 0.3 is 0 Å². The molecule has 108 valence electrons. The molecule has 0 saturated carbocycles. The summed E-state index contributed by atoms with van der Waals surface area (Å²) in [5.74, 6) is -0.0860. The summed E-state index contributed by atoms with van der Waals surface area (Å²) in [6, 6.07) is 11.4. The molecule has 2 aromatic rings. The summed E-state index contributed by atoms with van der Waals surface area (Å²) in [6.07, 6.45) is 1.97. The van der Waals surface area contributed by atoms with Gasteiger partial charge in [-0.3, -0.25) is 4.79 Å². The lowest BCUT2D eigenvalue weighted by Gasteiger charge is -2.30. The molecule has 0 bridgehead atoms. The van der Waals surface area contributed by atoms with Gasteiger partial charge in [-0.05, 0) is 43.5 Å². The normalized spacial score (nSPS) is 13.9. The molecular weight excluding hydrogens is 284 g/mol. The molecule has 2 N–H and O–H groups in total. The van der Waals surface area contributed by atoms with E-state index in [1.807, 2.05) is 12.1 Å². The molecule has 0 radical (unpaired) electrons. The van der Waals surface area contributed by atoms with Gasteiger partial charge < -0.3 is 10.6 Å². The van der Waals surface area contributed by atoms with Crippen molar-refractivity contribution >= 4 is 28.9 Å². The molecule has 0 unspecified atom stereocenters. The molecule has 3 nitrogen and oxygen atoms in total. The SMILES string of the molecule is Cc1ccc2c(c1)CCCN2C(=O)c1cccc(N)c1Cl. The molecule has 4 heteroatoms. The van der Waals surface area contributed by atoms with Crippen molar-refractivity contribution in [1.29, 1.82) is 0 Å². The molecule has 0 atom stereocenters. The zero-order valence-corrected chi connectivity index (χ0v) is 12.7. The first-order valence-electron chi connectivity index (χ1n) is 7.03. The zero-order valence-electron chi connectivity index (χ0n) is 11.9. The number of nitrogen functional groups attached to an aromatic ring is 1. The molecule has 1 heterocycles. The van der Waals surface area contributed by atoms with E-state index in [-0.39, 0.29) is 5.91 Å². The van der Waals surface area contributed by atoms with Gasteiger partial charge in [0.15, 0.2) is 0 Å². The molecule has 0 saturated heterocycles. The third-order valence-electron chi connectivity index (χ3n) is 3.86. The molecule has 21 heavy (non-hydrogen) atoms. The molecule has 2 aromatic carbocycles. The van der Waals surface area contributed by atoms with Gasteiger partial charge in [0.1, 0.15) is 0 Å². The predicted octanol–water partition coefficient (Wildman–Crippen LogP) is 3.82. The Balaban J connectivity index is 2.02. The monoisotopic (exact) mass is 300 g/mol. The summed E-state index contributed by atoms with van der Waals surface area (Å²) in [5, 5.41) is 0.335. The molecule has 1 amide bonds. The molecule has 3 rings (SSSR count). The topological polar surface area (TPSA) is 46.3 Å². The summed E-state index contributed by atoms with van der Waals surface area (Å²) in [5.41, 5.74) is 10.1. The number of nitrogens with zero attached hydrogens (tertiary/aromatic N) is 1. The van der Waals surface area contributed by atoms with Gasteiger partial charge in [0.2, 0.25) is 0 Å². The van der Waals surface area contributed by atoms with Crippen molar-refractivity contribution in [3.05, 3.63) is 58.1 Å². The maximum absolute atomic E-state index is 12.8. The first-order chi connectivity index (χ1) is 10.1. The Bertz CT molecular complexity index is 712. The van der Waals surface area contributed by atoms with Crippen LogP contribution in [-0.4, -0.2) is 12.5 Å². The minimum atomic E-state index is -0.0860. The quantitative estimate of drug-likeness (QED) is 0.814. The number of hydrogen-bond acceptors (Lipinski definition) is 2. The van der Waals surface area contributed by atoms with E-state index in [0.29, 0.717) is 22.8 Å². The lowest BCUT2D eigenvalue weighted by Crippen LogP contribution is -2.35. The van der Waals surface area contributed by atoms with Crippen LogP contribution in [0.25, 0.3) is 0 Å². The lowest BCUT2D eigenvalue weighted by molar-refractivity contribution is 0.0985. The van der Waals surface area contributed by atoms with Crippen molar-refractivity contribution in [2.24, 2.45) is 0 Å². The predicted molar refractivity (Wildman–Crippen MR) is 87.0 cm³/mol. The third-order valence-corrected chi connectivity index (χ3v) is 4.28. The van der Waals surface area contributed by atoms with Gasteiger partial charge in [0, 0.05) is 12.2 Å². The average molecular weight is 301 g/mol. The number of hydrogen-bond donors (Lipinski definition) is 1. The second-order valence-corrected chi connectivity index (χ2v) is 5.78. The Morgan fingerprint density at radius 3 is 2.90 bits per heavy atom. The average Bonchev–Trinajstić information content (AvgIpc) is 2.48. The fourth-order valence-corrected chi connectivity index (χ4v) is 3.00. The van der Waals surface area contributed by atoms with Crippen LogP contribution in [0.3, 0.4) is 0 Å². The molecule has 0 fully saturated rings.